The van der Waals surface area contributed by atoms with Crippen LogP contribution in [0.25, 0.3) is 11.1 Å². The second kappa shape index (κ2) is 6.29. The van der Waals surface area contributed by atoms with E-state index >= 15 is 0 Å². The van der Waals surface area contributed by atoms with E-state index in [1.165, 1.54) is 11.6 Å². The first-order chi connectivity index (χ1) is 9.91. The van der Waals surface area contributed by atoms with Gasteiger partial charge in [0.05, 0.1) is 5.56 Å². The van der Waals surface area contributed by atoms with Crippen molar-refractivity contribution in [1.82, 2.24) is 0 Å². The Hall–Kier alpha value is -1.84. The lowest BCUT2D eigenvalue weighted by atomic mass is 10.0. The van der Waals surface area contributed by atoms with E-state index in [9.17, 15) is 17.6 Å². The minimum absolute atomic E-state index is 0.447. The summed E-state index contributed by atoms with van der Waals surface area (Å²) in [5.41, 5.74) is 1.10. The summed E-state index contributed by atoms with van der Waals surface area (Å²) >= 11 is 0. The Bertz CT molecular complexity index is 597. The highest BCUT2D eigenvalue weighted by molar-refractivity contribution is 5.64. The SMILES string of the molecule is CCCCc1ccc(-c2ccc(C(F)(F)F)c(F)c2)cc1. The van der Waals surface area contributed by atoms with Gasteiger partial charge < -0.3 is 0 Å². The zero-order valence-corrected chi connectivity index (χ0v) is 11.7. The van der Waals surface area contributed by atoms with Gasteiger partial charge in [0.1, 0.15) is 5.82 Å². The van der Waals surface area contributed by atoms with Crippen LogP contribution in [0.2, 0.25) is 0 Å². The van der Waals surface area contributed by atoms with E-state index in [1.54, 1.807) is 0 Å². The van der Waals surface area contributed by atoms with Gasteiger partial charge >= 0.3 is 6.18 Å². The number of alkyl halides is 3. The van der Waals surface area contributed by atoms with Crippen molar-refractivity contribution in [3.8, 4) is 11.1 Å². The molecule has 0 aliphatic rings. The summed E-state index contributed by atoms with van der Waals surface area (Å²) in [6.07, 6.45) is -1.50. The standard InChI is InChI=1S/C17H16F4/c1-2-3-4-12-5-7-13(8-6-12)14-9-10-15(16(18)11-14)17(19,20)21/h5-11H,2-4H2,1H3. The molecule has 2 rings (SSSR count). The summed E-state index contributed by atoms with van der Waals surface area (Å²) in [4.78, 5) is 0. The van der Waals surface area contributed by atoms with Crippen LogP contribution in [0.4, 0.5) is 17.6 Å². The predicted octanol–water partition coefficient (Wildman–Crippen LogP) is 5.85. The number of aryl methyl sites for hydroxylation is 1. The molecule has 4 heteroatoms. The van der Waals surface area contributed by atoms with Gasteiger partial charge in [-0.25, -0.2) is 4.39 Å². The number of unbranched alkanes of at least 4 members (excludes halogenated alkanes) is 1. The Morgan fingerprint density at radius 2 is 1.52 bits per heavy atom. The van der Waals surface area contributed by atoms with Crippen LogP contribution in [-0.4, -0.2) is 0 Å². The molecule has 0 aromatic heterocycles. The largest absolute Gasteiger partial charge is 0.419 e. The lowest BCUT2D eigenvalue weighted by molar-refractivity contribution is -0.139. The summed E-state index contributed by atoms with van der Waals surface area (Å²) in [6.45, 7) is 2.11. The molecule has 0 bridgehead atoms. The van der Waals surface area contributed by atoms with Crippen molar-refractivity contribution in [2.24, 2.45) is 0 Å². The smallest absolute Gasteiger partial charge is 0.206 e. The fourth-order valence-electron chi connectivity index (χ4n) is 2.17. The Labute approximate surface area is 121 Å². The monoisotopic (exact) mass is 296 g/mol. The molecule has 2 aromatic carbocycles. The lowest BCUT2D eigenvalue weighted by Gasteiger charge is -2.10. The van der Waals surface area contributed by atoms with Crippen molar-refractivity contribution < 1.29 is 17.6 Å². The van der Waals surface area contributed by atoms with Crippen LogP contribution in [-0.2, 0) is 12.6 Å². The second-order valence-electron chi connectivity index (χ2n) is 4.99. The van der Waals surface area contributed by atoms with Gasteiger partial charge in [0.25, 0.3) is 0 Å². The van der Waals surface area contributed by atoms with Crippen molar-refractivity contribution in [3.05, 3.63) is 59.4 Å². The van der Waals surface area contributed by atoms with Crippen LogP contribution >= 0.6 is 0 Å². The molecular formula is C17H16F4. The molecule has 112 valence electrons. The van der Waals surface area contributed by atoms with Crippen LogP contribution in [0.3, 0.4) is 0 Å². The van der Waals surface area contributed by atoms with E-state index in [0.717, 1.165) is 31.4 Å². The van der Waals surface area contributed by atoms with E-state index in [1.807, 2.05) is 24.3 Å². The Kier molecular flexibility index (Phi) is 4.66. The van der Waals surface area contributed by atoms with Crippen molar-refractivity contribution in [2.45, 2.75) is 32.4 Å². The maximum atomic E-state index is 13.6. The van der Waals surface area contributed by atoms with Crippen LogP contribution in [0, 0.1) is 5.82 Å². The molecule has 0 saturated carbocycles. The first-order valence-corrected chi connectivity index (χ1v) is 6.88. The number of halogens is 4. The van der Waals surface area contributed by atoms with Gasteiger partial charge in [-0.05, 0) is 41.7 Å². The van der Waals surface area contributed by atoms with Crippen LogP contribution in [0.5, 0.6) is 0 Å². The van der Waals surface area contributed by atoms with Crippen LogP contribution < -0.4 is 0 Å². The third kappa shape index (κ3) is 3.84. The van der Waals surface area contributed by atoms with E-state index in [-0.39, 0.29) is 0 Å². The van der Waals surface area contributed by atoms with E-state index in [0.29, 0.717) is 11.1 Å². The average molecular weight is 296 g/mol. The van der Waals surface area contributed by atoms with E-state index in [2.05, 4.69) is 6.92 Å². The topological polar surface area (TPSA) is 0 Å². The predicted molar refractivity (Wildman–Crippen MR) is 75.5 cm³/mol. The molecule has 0 aliphatic carbocycles. The van der Waals surface area contributed by atoms with Gasteiger partial charge in [-0.3, -0.25) is 0 Å². The fourth-order valence-corrected chi connectivity index (χ4v) is 2.17. The molecule has 0 heterocycles. The van der Waals surface area contributed by atoms with Crippen molar-refractivity contribution in [2.75, 3.05) is 0 Å². The fraction of sp³-hybridized carbons (Fsp3) is 0.294. The number of hydrogen-bond donors (Lipinski definition) is 0. The molecule has 0 radical (unpaired) electrons. The van der Waals surface area contributed by atoms with Gasteiger partial charge in [0.2, 0.25) is 0 Å². The number of rotatable bonds is 4. The number of hydrogen-bond acceptors (Lipinski definition) is 0. The first kappa shape index (κ1) is 15.5. The maximum absolute atomic E-state index is 13.6. The molecule has 0 fully saturated rings. The minimum Gasteiger partial charge on any atom is -0.206 e. The van der Waals surface area contributed by atoms with Crippen molar-refractivity contribution >= 4 is 0 Å². The first-order valence-electron chi connectivity index (χ1n) is 6.88. The Morgan fingerprint density at radius 3 is 2.05 bits per heavy atom. The summed E-state index contributed by atoms with van der Waals surface area (Å²) in [7, 11) is 0. The molecule has 21 heavy (non-hydrogen) atoms. The third-order valence-corrected chi connectivity index (χ3v) is 3.38. The van der Waals surface area contributed by atoms with Crippen molar-refractivity contribution in [1.29, 1.82) is 0 Å². The molecule has 0 atom stereocenters. The van der Waals surface area contributed by atoms with Gasteiger partial charge in [0, 0.05) is 0 Å². The minimum atomic E-state index is -4.66. The highest BCUT2D eigenvalue weighted by Gasteiger charge is 2.33. The van der Waals surface area contributed by atoms with Gasteiger partial charge in [-0.15, -0.1) is 0 Å². The van der Waals surface area contributed by atoms with Crippen LogP contribution in [0.1, 0.15) is 30.9 Å². The number of benzene rings is 2. The quantitative estimate of drug-likeness (QED) is 0.620. The average Bonchev–Trinajstić information content (AvgIpc) is 2.44. The Morgan fingerprint density at radius 1 is 0.905 bits per heavy atom. The molecule has 0 spiro atoms. The third-order valence-electron chi connectivity index (χ3n) is 3.38. The Balaban J connectivity index is 2.24. The maximum Gasteiger partial charge on any atom is 0.419 e. The molecule has 0 N–H and O–H groups in total. The van der Waals surface area contributed by atoms with E-state index in [4.69, 9.17) is 0 Å². The van der Waals surface area contributed by atoms with Crippen molar-refractivity contribution in [3.63, 3.8) is 0 Å². The van der Waals surface area contributed by atoms with Gasteiger partial charge in [0.15, 0.2) is 0 Å². The normalized spacial score (nSPS) is 11.7. The summed E-state index contributed by atoms with van der Waals surface area (Å²) in [6, 6.07) is 10.5. The van der Waals surface area contributed by atoms with Gasteiger partial charge in [-0.1, -0.05) is 43.7 Å². The summed E-state index contributed by atoms with van der Waals surface area (Å²) < 4.78 is 51.1. The molecular weight excluding hydrogens is 280 g/mol. The molecule has 0 nitrogen and oxygen atoms in total. The summed E-state index contributed by atoms with van der Waals surface area (Å²) in [5.74, 6) is -1.24. The molecule has 0 aliphatic heterocycles. The lowest BCUT2D eigenvalue weighted by Crippen LogP contribution is -2.07. The summed E-state index contributed by atoms with van der Waals surface area (Å²) in [5, 5.41) is 0. The molecule has 0 unspecified atom stereocenters. The molecule has 0 amide bonds. The zero-order valence-electron chi connectivity index (χ0n) is 11.7. The zero-order chi connectivity index (χ0) is 15.5. The molecule has 0 saturated heterocycles. The van der Waals surface area contributed by atoms with Crippen LogP contribution in [0.15, 0.2) is 42.5 Å². The van der Waals surface area contributed by atoms with E-state index < -0.39 is 17.6 Å². The molecule has 2 aromatic rings. The highest BCUT2D eigenvalue weighted by atomic mass is 19.4. The second-order valence-corrected chi connectivity index (χ2v) is 4.99. The van der Waals surface area contributed by atoms with Gasteiger partial charge in [-0.2, -0.15) is 13.2 Å². The highest BCUT2D eigenvalue weighted by Crippen LogP contribution is 2.33.